The normalized spacial score (nSPS) is 31.4. The molecule has 0 radical (unpaired) electrons. The zero-order chi connectivity index (χ0) is 23.2. The maximum Gasteiger partial charge on any atom is 0.530 e. The second-order valence-electron chi connectivity index (χ2n) is 8.03. The molecule has 2 aliphatic rings. The van der Waals surface area contributed by atoms with E-state index in [2.05, 4.69) is 20.3 Å². The Balaban J connectivity index is 1.44. The SMILES string of the molecule is CCCNc1nc(N)nc2c1ncn2[C@@H]1O[C@@H]2COP(=O)(Oc3ccccc3)O[C@H]2[C@@]1(C)F. The molecule has 1 aromatic carbocycles. The number of phosphoric acid groups is 1. The molecule has 5 atom stereocenters. The topological polar surface area (TPSA) is 136 Å². The predicted octanol–water partition coefficient (Wildman–Crippen LogP) is 3.46. The third-order valence-electron chi connectivity index (χ3n) is 5.51. The van der Waals surface area contributed by atoms with Crippen LogP contribution in [0.1, 0.15) is 26.5 Å². The highest BCUT2D eigenvalue weighted by Gasteiger charge is 2.62. The molecule has 5 rings (SSSR count). The Morgan fingerprint density at radius 3 is 2.91 bits per heavy atom. The summed E-state index contributed by atoms with van der Waals surface area (Å²) in [5.41, 5.74) is 4.50. The van der Waals surface area contributed by atoms with Crippen molar-refractivity contribution in [3.8, 4) is 5.75 Å². The van der Waals surface area contributed by atoms with Crippen molar-refractivity contribution >= 4 is 30.8 Å². The lowest BCUT2D eigenvalue weighted by Gasteiger charge is -2.33. The van der Waals surface area contributed by atoms with Gasteiger partial charge in [-0.25, -0.2) is 13.9 Å². The van der Waals surface area contributed by atoms with Gasteiger partial charge in [0, 0.05) is 6.54 Å². The van der Waals surface area contributed by atoms with Crippen molar-refractivity contribution in [2.75, 3.05) is 24.2 Å². The van der Waals surface area contributed by atoms with Gasteiger partial charge in [-0.1, -0.05) is 25.1 Å². The number of rotatable bonds is 6. The number of imidazole rings is 1. The molecule has 1 unspecified atom stereocenters. The summed E-state index contributed by atoms with van der Waals surface area (Å²) in [6.45, 7) is 3.81. The number of aromatic nitrogens is 4. The third-order valence-corrected chi connectivity index (χ3v) is 6.90. The number of nitrogen functional groups attached to an aromatic ring is 1. The molecule has 33 heavy (non-hydrogen) atoms. The van der Waals surface area contributed by atoms with Gasteiger partial charge in [-0.3, -0.25) is 13.6 Å². The number of nitrogens with zero attached hydrogens (tertiary/aromatic N) is 4. The van der Waals surface area contributed by atoms with E-state index in [4.69, 9.17) is 24.0 Å². The summed E-state index contributed by atoms with van der Waals surface area (Å²) in [5.74, 6) is 0.754. The van der Waals surface area contributed by atoms with Gasteiger partial charge in [-0.05, 0) is 25.5 Å². The zero-order valence-electron chi connectivity index (χ0n) is 18.1. The number of para-hydroxylation sites is 1. The molecule has 13 heteroatoms. The summed E-state index contributed by atoms with van der Waals surface area (Å²) in [5, 5.41) is 3.15. The number of alkyl halides is 1. The van der Waals surface area contributed by atoms with Crippen LogP contribution in [-0.2, 0) is 18.3 Å². The van der Waals surface area contributed by atoms with Gasteiger partial charge >= 0.3 is 7.82 Å². The van der Waals surface area contributed by atoms with E-state index in [1.54, 1.807) is 30.3 Å². The van der Waals surface area contributed by atoms with E-state index in [0.717, 1.165) is 6.42 Å². The van der Waals surface area contributed by atoms with Crippen LogP contribution < -0.4 is 15.6 Å². The fourth-order valence-electron chi connectivity index (χ4n) is 3.97. The van der Waals surface area contributed by atoms with Crippen LogP contribution in [0.4, 0.5) is 16.2 Å². The number of hydrogen-bond acceptors (Lipinski definition) is 10. The lowest BCUT2D eigenvalue weighted by molar-refractivity contribution is -0.0655. The van der Waals surface area contributed by atoms with Crippen molar-refractivity contribution < 1.29 is 27.3 Å². The first-order valence-corrected chi connectivity index (χ1v) is 12.0. The van der Waals surface area contributed by atoms with E-state index in [1.165, 1.54) is 17.8 Å². The van der Waals surface area contributed by atoms with Gasteiger partial charge in [-0.15, -0.1) is 0 Å². The number of benzene rings is 1. The van der Waals surface area contributed by atoms with Gasteiger partial charge in [-0.2, -0.15) is 9.97 Å². The molecule has 3 aromatic rings. The molecule has 11 nitrogen and oxygen atoms in total. The summed E-state index contributed by atoms with van der Waals surface area (Å²) in [4.78, 5) is 12.8. The molecule has 0 saturated carbocycles. The lowest BCUT2D eigenvalue weighted by Crippen LogP contribution is -2.45. The van der Waals surface area contributed by atoms with E-state index in [1.807, 2.05) is 6.92 Å². The summed E-state index contributed by atoms with van der Waals surface area (Å²) in [6, 6.07) is 8.41. The zero-order valence-corrected chi connectivity index (χ0v) is 18.9. The number of nitrogens with one attached hydrogen (secondary N) is 1. The molecule has 0 bridgehead atoms. The number of phosphoric ester groups is 1. The maximum absolute atomic E-state index is 16.2. The van der Waals surface area contributed by atoms with E-state index in [0.29, 0.717) is 23.5 Å². The first-order chi connectivity index (χ1) is 15.8. The second-order valence-corrected chi connectivity index (χ2v) is 9.58. The minimum Gasteiger partial charge on any atom is -0.404 e. The molecule has 176 valence electrons. The van der Waals surface area contributed by atoms with Crippen molar-refractivity contribution in [1.82, 2.24) is 19.5 Å². The molecule has 2 aliphatic heterocycles. The number of fused-ring (bicyclic) bond motifs is 2. The van der Waals surface area contributed by atoms with Crippen LogP contribution >= 0.6 is 7.82 Å². The summed E-state index contributed by atoms with van der Waals surface area (Å²) in [6.07, 6.45) is -0.929. The first-order valence-electron chi connectivity index (χ1n) is 10.6. The molecule has 2 saturated heterocycles. The van der Waals surface area contributed by atoms with E-state index >= 15 is 4.39 Å². The van der Waals surface area contributed by atoms with E-state index in [-0.39, 0.29) is 18.3 Å². The van der Waals surface area contributed by atoms with E-state index in [9.17, 15) is 4.57 Å². The van der Waals surface area contributed by atoms with Crippen molar-refractivity contribution in [1.29, 1.82) is 0 Å². The molecule has 4 heterocycles. The Bertz CT molecular complexity index is 1210. The molecule has 0 aliphatic carbocycles. The Hall–Kier alpha value is -2.79. The Labute approximate surface area is 189 Å². The van der Waals surface area contributed by atoms with Gasteiger partial charge in [0.2, 0.25) is 5.95 Å². The van der Waals surface area contributed by atoms with E-state index < -0.39 is 31.9 Å². The van der Waals surface area contributed by atoms with Crippen LogP contribution in [0.2, 0.25) is 0 Å². The average Bonchev–Trinajstić information content (AvgIpc) is 3.30. The Morgan fingerprint density at radius 1 is 1.36 bits per heavy atom. The van der Waals surface area contributed by atoms with Crippen LogP contribution in [0.25, 0.3) is 11.2 Å². The van der Waals surface area contributed by atoms with Crippen LogP contribution in [0.5, 0.6) is 5.75 Å². The van der Waals surface area contributed by atoms with Crippen molar-refractivity contribution in [3.63, 3.8) is 0 Å². The largest absolute Gasteiger partial charge is 0.530 e. The van der Waals surface area contributed by atoms with Crippen molar-refractivity contribution in [3.05, 3.63) is 36.7 Å². The highest BCUT2D eigenvalue weighted by molar-refractivity contribution is 7.49. The minimum absolute atomic E-state index is 0.0131. The van der Waals surface area contributed by atoms with Crippen molar-refractivity contribution in [2.45, 2.75) is 44.4 Å². The monoisotopic (exact) mass is 478 g/mol. The van der Waals surface area contributed by atoms with Crippen molar-refractivity contribution in [2.24, 2.45) is 0 Å². The van der Waals surface area contributed by atoms with Crippen LogP contribution in [-0.4, -0.2) is 50.5 Å². The third kappa shape index (κ3) is 3.93. The summed E-state index contributed by atoms with van der Waals surface area (Å²) in [7, 11) is -4.07. The molecule has 2 aromatic heterocycles. The fraction of sp³-hybridized carbons (Fsp3) is 0.450. The number of nitrogens with two attached hydrogens (primary N) is 1. The smallest absolute Gasteiger partial charge is 0.404 e. The molecular weight excluding hydrogens is 454 g/mol. The standard InChI is InChI=1S/C20H24FN6O5P/c1-3-9-23-16-14-17(26-19(22)25-16)27(11-24-14)18-20(2,21)15-13(30-18)10-29-33(28,32-15)31-12-7-5-4-6-8-12/h4-8,11,13,15,18H,3,9-10H2,1-2H3,(H3,22,23,25,26)/t13-,15-,18-,20-,33?/m1/s1. The van der Waals surface area contributed by atoms with Crippen LogP contribution in [0.3, 0.4) is 0 Å². The highest BCUT2D eigenvalue weighted by atomic mass is 31.2. The number of hydrogen-bond donors (Lipinski definition) is 2. The summed E-state index contributed by atoms with van der Waals surface area (Å²) >= 11 is 0. The van der Waals surface area contributed by atoms with Crippen LogP contribution in [0.15, 0.2) is 36.7 Å². The molecule has 2 fully saturated rings. The quantitative estimate of drug-likeness (QED) is 0.507. The number of halogens is 1. The fourth-order valence-corrected chi connectivity index (χ4v) is 5.46. The Kier molecular flexibility index (Phi) is 5.48. The molecule has 0 spiro atoms. The highest BCUT2D eigenvalue weighted by Crippen LogP contribution is 2.59. The van der Waals surface area contributed by atoms with Gasteiger partial charge in [0.25, 0.3) is 0 Å². The average molecular weight is 478 g/mol. The predicted molar refractivity (Wildman–Crippen MR) is 117 cm³/mol. The van der Waals surface area contributed by atoms with Crippen LogP contribution in [0, 0.1) is 0 Å². The van der Waals surface area contributed by atoms with Gasteiger partial charge in [0.05, 0.1) is 12.9 Å². The lowest BCUT2D eigenvalue weighted by atomic mass is 9.98. The number of anilines is 2. The second kappa shape index (κ2) is 8.21. The maximum atomic E-state index is 16.2. The molecule has 3 N–H and O–H groups in total. The molecular formula is C20H24FN6O5P. The molecule has 0 amide bonds. The van der Waals surface area contributed by atoms with Gasteiger partial charge in [0.1, 0.15) is 18.0 Å². The Morgan fingerprint density at radius 2 is 2.15 bits per heavy atom. The summed E-state index contributed by atoms with van der Waals surface area (Å²) < 4.78 is 53.0. The number of ether oxygens (including phenoxy) is 1. The van der Waals surface area contributed by atoms with Gasteiger partial charge < -0.3 is 20.3 Å². The first kappa shape index (κ1) is 22.0. The van der Waals surface area contributed by atoms with Gasteiger partial charge in [0.15, 0.2) is 28.9 Å². The minimum atomic E-state index is -4.07.